The first-order chi connectivity index (χ1) is 13.7. The Hall–Kier alpha value is -2.74. The zero-order chi connectivity index (χ0) is 20.8. The molecule has 0 aliphatic carbocycles. The van der Waals surface area contributed by atoms with Crippen LogP contribution in [-0.4, -0.2) is 0 Å². The number of hydrogen-bond acceptors (Lipinski definition) is 2. The van der Waals surface area contributed by atoms with Gasteiger partial charge in [0.05, 0.1) is 0 Å². The van der Waals surface area contributed by atoms with E-state index >= 15 is 0 Å². The van der Waals surface area contributed by atoms with E-state index in [9.17, 15) is 0 Å². The summed E-state index contributed by atoms with van der Waals surface area (Å²) in [4.78, 5) is 0. The van der Waals surface area contributed by atoms with Crippen LogP contribution in [0.1, 0.15) is 75.3 Å². The summed E-state index contributed by atoms with van der Waals surface area (Å²) in [6, 6.07) is 23.6. The molecule has 1 heterocycles. The Bertz CT molecular complexity index is 1110. The van der Waals surface area contributed by atoms with E-state index in [4.69, 9.17) is 9.15 Å². The van der Waals surface area contributed by atoms with Crippen LogP contribution in [0.3, 0.4) is 0 Å². The van der Waals surface area contributed by atoms with Crippen molar-refractivity contribution in [3.63, 3.8) is 0 Å². The molecular weight excluding hydrogens is 356 g/mol. The summed E-state index contributed by atoms with van der Waals surface area (Å²) < 4.78 is 11.0. The van der Waals surface area contributed by atoms with Crippen molar-refractivity contribution in [3.05, 3.63) is 94.5 Å². The van der Waals surface area contributed by atoms with Gasteiger partial charge in [-0.25, -0.2) is 0 Å². The first kappa shape index (κ1) is 19.6. The van der Waals surface area contributed by atoms with Crippen LogP contribution in [0.15, 0.2) is 75.9 Å². The van der Waals surface area contributed by atoms with Crippen LogP contribution in [0, 0.1) is 0 Å². The van der Waals surface area contributed by atoms with Gasteiger partial charge in [-0.1, -0.05) is 102 Å². The normalized spacial score (nSPS) is 12.8. The number of fused-ring (bicyclic) bond motifs is 1. The molecule has 0 aliphatic rings. The van der Waals surface area contributed by atoms with E-state index in [1.807, 2.05) is 0 Å². The molecule has 0 unspecified atom stereocenters. The Labute approximate surface area is 173 Å². The largest absolute Gasteiger partial charge is 0.286 e. The fourth-order valence-electron chi connectivity index (χ4n) is 4.58. The van der Waals surface area contributed by atoms with E-state index in [-0.39, 0.29) is 10.8 Å². The van der Waals surface area contributed by atoms with Gasteiger partial charge in [0.15, 0.2) is 0 Å². The fraction of sp³-hybridized carbons (Fsp3) is 0.333. The lowest BCUT2D eigenvalue weighted by atomic mass is 9.65. The summed E-state index contributed by atoms with van der Waals surface area (Å²) in [5.74, 6) is 0.368. The highest BCUT2D eigenvalue weighted by molar-refractivity contribution is 5.81. The standard InChI is InChI=1S/C27H30O2/c1-18(2)21-17-22-25(29-28-22)24(27(5,6)20-15-11-8-12-16-20)23(21)26(3,4)19-13-9-7-10-14-19/h7-18H,1-6H3. The fourth-order valence-corrected chi connectivity index (χ4v) is 4.58. The highest BCUT2D eigenvalue weighted by Gasteiger charge is 2.39. The van der Waals surface area contributed by atoms with E-state index in [2.05, 4.69) is 108 Å². The molecule has 0 amide bonds. The van der Waals surface area contributed by atoms with E-state index in [0.29, 0.717) is 5.92 Å². The minimum atomic E-state index is -0.235. The van der Waals surface area contributed by atoms with Gasteiger partial charge >= 0.3 is 0 Å². The third-order valence-electron chi connectivity index (χ3n) is 6.35. The van der Waals surface area contributed by atoms with Gasteiger partial charge in [0, 0.05) is 16.4 Å². The molecular formula is C27H30O2. The molecule has 0 bridgehead atoms. The monoisotopic (exact) mass is 386 g/mol. The van der Waals surface area contributed by atoms with Crippen molar-refractivity contribution in [2.45, 2.75) is 58.3 Å². The molecule has 0 radical (unpaired) electrons. The van der Waals surface area contributed by atoms with Crippen molar-refractivity contribution in [3.8, 4) is 0 Å². The van der Waals surface area contributed by atoms with Gasteiger partial charge in [-0.15, -0.1) is 0 Å². The van der Waals surface area contributed by atoms with E-state index in [1.165, 1.54) is 27.8 Å². The molecule has 0 fully saturated rings. The van der Waals surface area contributed by atoms with E-state index < -0.39 is 0 Å². The number of rotatable bonds is 5. The average molecular weight is 387 g/mol. The lowest BCUT2D eigenvalue weighted by Gasteiger charge is -2.38. The molecule has 0 saturated carbocycles. The molecule has 0 saturated heterocycles. The maximum absolute atomic E-state index is 5.62. The highest BCUT2D eigenvalue weighted by atomic mass is 17.0. The van der Waals surface area contributed by atoms with Crippen molar-refractivity contribution >= 4 is 11.2 Å². The minimum absolute atomic E-state index is 0.184. The number of hydrogen-bond donors (Lipinski definition) is 0. The lowest BCUT2D eigenvalue weighted by Crippen LogP contribution is -2.30. The second-order valence-corrected chi connectivity index (χ2v) is 9.35. The molecule has 0 N–H and O–H groups in total. The third kappa shape index (κ3) is 3.11. The van der Waals surface area contributed by atoms with Crippen LogP contribution in [0.2, 0.25) is 0 Å². The topological polar surface area (TPSA) is 26.3 Å². The van der Waals surface area contributed by atoms with Crippen LogP contribution in [0.5, 0.6) is 0 Å². The van der Waals surface area contributed by atoms with E-state index in [0.717, 1.165) is 11.2 Å². The highest BCUT2D eigenvalue weighted by Crippen LogP contribution is 2.48. The summed E-state index contributed by atoms with van der Waals surface area (Å²) >= 11 is 0. The third-order valence-corrected chi connectivity index (χ3v) is 6.35. The SMILES string of the molecule is CC(C)c1cc2ooc2c(C(C)(C)c2ccccc2)c1C(C)(C)c1ccccc1. The second-order valence-electron chi connectivity index (χ2n) is 9.35. The van der Waals surface area contributed by atoms with Crippen molar-refractivity contribution < 1.29 is 9.15 Å². The van der Waals surface area contributed by atoms with Crippen LogP contribution in [0.4, 0.5) is 0 Å². The Kier molecular flexibility index (Phi) is 4.69. The molecule has 29 heavy (non-hydrogen) atoms. The maximum atomic E-state index is 5.62. The van der Waals surface area contributed by atoms with Crippen molar-refractivity contribution in [2.75, 3.05) is 0 Å². The Morgan fingerprint density at radius 3 is 1.55 bits per heavy atom. The molecule has 4 rings (SSSR count). The van der Waals surface area contributed by atoms with Crippen molar-refractivity contribution in [1.82, 2.24) is 0 Å². The Morgan fingerprint density at radius 1 is 0.655 bits per heavy atom. The molecule has 0 atom stereocenters. The molecule has 2 heteroatoms. The molecule has 0 spiro atoms. The van der Waals surface area contributed by atoms with Gasteiger partial charge in [-0.3, -0.25) is 9.15 Å². The summed E-state index contributed by atoms with van der Waals surface area (Å²) in [7, 11) is 0. The van der Waals surface area contributed by atoms with Crippen molar-refractivity contribution in [1.29, 1.82) is 0 Å². The van der Waals surface area contributed by atoms with E-state index in [1.54, 1.807) is 0 Å². The molecule has 150 valence electrons. The molecule has 4 aromatic rings. The predicted octanol–water partition coefficient (Wildman–Crippen LogP) is 7.80. The van der Waals surface area contributed by atoms with Crippen LogP contribution in [-0.2, 0) is 10.8 Å². The molecule has 2 nitrogen and oxygen atoms in total. The van der Waals surface area contributed by atoms with Gasteiger partial charge in [-0.05, 0) is 34.2 Å². The van der Waals surface area contributed by atoms with Crippen molar-refractivity contribution in [2.24, 2.45) is 0 Å². The zero-order valence-electron chi connectivity index (χ0n) is 18.2. The van der Waals surface area contributed by atoms with Gasteiger partial charge < -0.3 is 0 Å². The quantitative estimate of drug-likeness (QED) is 0.327. The van der Waals surface area contributed by atoms with Gasteiger partial charge in [-0.2, -0.15) is 0 Å². The van der Waals surface area contributed by atoms with Crippen LogP contribution < -0.4 is 0 Å². The lowest BCUT2D eigenvalue weighted by molar-refractivity contribution is 0.0570. The van der Waals surface area contributed by atoms with Crippen LogP contribution in [0.25, 0.3) is 11.2 Å². The predicted molar refractivity (Wildman–Crippen MR) is 120 cm³/mol. The average Bonchev–Trinajstić information content (AvgIpc) is 2.69. The van der Waals surface area contributed by atoms with Crippen LogP contribution >= 0.6 is 0 Å². The summed E-state index contributed by atoms with van der Waals surface area (Å²) in [5.41, 5.74) is 7.76. The second kappa shape index (κ2) is 6.95. The molecule has 1 aromatic heterocycles. The molecule has 3 aromatic carbocycles. The summed E-state index contributed by atoms with van der Waals surface area (Å²) in [6.07, 6.45) is 0. The zero-order valence-corrected chi connectivity index (χ0v) is 18.2. The minimum Gasteiger partial charge on any atom is -0.286 e. The smallest absolute Gasteiger partial charge is 0.230 e. The molecule has 0 aliphatic heterocycles. The maximum Gasteiger partial charge on any atom is 0.230 e. The first-order valence-electron chi connectivity index (χ1n) is 10.4. The Balaban J connectivity index is 2.08. The van der Waals surface area contributed by atoms with Gasteiger partial charge in [0.25, 0.3) is 0 Å². The first-order valence-corrected chi connectivity index (χ1v) is 10.4. The Morgan fingerprint density at radius 2 is 1.14 bits per heavy atom. The summed E-state index contributed by atoms with van der Waals surface area (Å²) in [6.45, 7) is 13.7. The summed E-state index contributed by atoms with van der Waals surface area (Å²) in [5, 5.41) is 0. The van der Waals surface area contributed by atoms with Gasteiger partial charge in [0.1, 0.15) is 0 Å². The van der Waals surface area contributed by atoms with Gasteiger partial charge in [0.2, 0.25) is 11.2 Å². The number of benzene rings is 3.